The molecule has 158 valence electrons. The highest BCUT2D eigenvalue weighted by Crippen LogP contribution is 2.40. The predicted octanol–water partition coefficient (Wildman–Crippen LogP) is 5.10. The molecule has 0 fully saturated rings. The van der Waals surface area contributed by atoms with Crippen molar-refractivity contribution in [2.45, 2.75) is 19.4 Å². The average molecular weight is 421 g/mol. The van der Waals surface area contributed by atoms with Gasteiger partial charge in [-0.1, -0.05) is 29.8 Å². The topological polar surface area (TPSA) is 58.6 Å². The highest BCUT2D eigenvalue weighted by atomic mass is 19.1. The van der Waals surface area contributed by atoms with Crippen molar-refractivity contribution in [1.82, 2.24) is 0 Å². The zero-order valence-corrected chi connectivity index (χ0v) is 17.1. The molecule has 0 bridgehead atoms. The summed E-state index contributed by atoms with van der Waals surface area (Å²) >= 11 is 0. The van der Waals surface area contributed by atoms with Crippen molar-refractivity contribution in [3.8, 4) is 5.75 Å². The van der Waals surface area contributed by atoms with Gasteiger partial charge in [0.25, 0.3) is 5.91 Å². The Kier molecular flexibility index (Phi) is 5.33. The summed E-state index contributed by atoms with van der Waals surface area (Å²) < 4.78 is 33.7. The van der Waals surface area contributed by atoms with E-state index >= 15 is 0 Å². The van der Waals surface area contributed by atoms with Crippen molar-refractivity contribution >= 4 is 17.2 Å². The van der Waals surface area contributed by atoms with E-state index in [4.69, 9.17) is 4.74 Å². The number of aliphatic hydroxyl groups excluding tert-OH is 1. The number of anilines is 1. The van der Waals surface area contributed by atoms with Gasteiger partial charge in [0.2, 0.25) is 0 Å². The normalized spacial score (nSPS) is 17.4. The highest BCUT2D eigenvalue weighted by Gasteiger charge is 2.31. The summed E-state index contributed by atoms with van der Waals surface area (Å²) in [6.45, 7) is 3.59. The first kappa shape index (κ1) is 20.8. The molecule has 0 aliphatic carbocycles. The van der Waals surface area contributed by atoms with E-state index in [-0.39, 0.29) is 6.61 Å². The van der Waals surface area contributed by atoms with E-state index in [1.807, 2.05) is 31.2 Å². The van der Waals surface area contributed by atoms with Gasteiger partial charge in [-0.3, -0.25) is 4.79 Å². The standard InChI is InChI=1S/C25H21F2NO3/c1-15-6-11-22-18(12-15)19(13-25(2,14-29)31-22)16-7-9-17(10-8-16)28-24(30)23-20(26)4-3-5-21(23)27/h3-13,29H,14H2,1-2H3,(H,28,30). The maximum absolute atomic E-state index is 13.8. The number of hydrogen-bond donors (Lipinski definition) is 2. The van der Waals surface area contributed by atoms with Gasteiger partial charge in [-0.05, 0) is 67.5 Å². The molecule has 1 aliphatic heterocycles. The Labute approximate surface area is 178 Å². The monoisotopic (exact) mass is 421 g/mol. The van der Waals surface area contributed by atoms with Gasteiger partial charge in [-0.2, -0.15) is 0 Å². The summed E-state index contributed by atoms with van der Waals surface area (Å²) in [5, 5.41) is 12.3. The number of ether oxygens (including phenoxy) is 1. The maximum atomic E-state index is 13.8. The molecular weight excluding hydrogens is 400 g/mol. The van der Waals surface area contributed by atoms with Crippen LogP contribution in [0.25, 0.3) is 5.57 Å². The van der Waals surface area contributed by atoms with E-state index in [1.165, 1.54) is 6.07 Å². The Morgan fingerprint density at radius 3 is 2.39 bits per heavy atom. The van der Waals surface area contributed by atoms with Crippen LogP contribution in [0.5, 0.6) is 5.75 Å². The van der Waals surface area contributed by atoms with Crippen molar-refractivity contribution in [3.63, 3.8) is 0 Å². The number of carbonyl (C=O) groups excluding carboxylic acids is 1. The van der Waals surface area contributed by atoms with Gasteiger partial charge in [0.15, 0.2) is 0 Å². The summed E-state index contributed by atoms with van der Waals surface area (Å²) in [7, 11) is 0. The number of amides is 1. The van der Waals surface area contributed by atoms with Gasteiger partial charge in [0.05, 0.1) is 6.61 Å². The molecule has 1 unspecified atom stereocenters. The maximum Gasteiger partial charge on any atom is 0.261 e. The second-order valence-electron chi connectivity index (χ2n) is 7.76. The van der Waals surface area contributed by atoms with E-state index in [0.717, 1.165) is 34.4 Å². The smallest absolute Gasteiger partial charge is 0.261 e. The van der Waals surface area contributed by atoms with Crippen LogP contribution in [-0.4, -0.2) is 23.2 Å². The molecule has 4 rings (SSSR count). The molecule has 31 heavy (non-hydrogen) atoms. The number of fused-ring (bicyclic) bond motifs is 1. The third-order valence-corrected chi connectivity index (χ3v) is 5.18. The second kappa shape index (κ2) is 7.96. The summed E-state index contributed by atoms with van der Waals surface area (Å²) in [6.07, 6.45) is 1.87. The van der Waals surface area contributed by atoms with Crippen LogP contribution in [0.2, 0.25) is 0 Å². The fourth-order valence-electron chi connectivity index (χ4n) is 3.57. The molecule has 1 aliphatic rings. The Morgan fingerprint density at radius 2 is 1.74 bits per heavy atom. The summed E-state index contributed by atoms with van der Waals surface area (Å²) in [5.74, 6) is -2.02. The number of nitrogens with one attached hydrogen (secondary N) is 1. The molecular formula is C25H21F2NO3. The first-order valence-corrected chi connectivity index (χ1v) is 9.79. The summed E-state index contributed by atoms with van der Waals surface area (Å²) in [5.41, 5.74) is 2.62. The Morgan fingerprint density at radius 1 is 1.06 bits per heavy atom. The van der Waals surface area contributed by atoms with Gasteiger partial charge < -0.3 is 15.2 Å². The molecule has 4 nitrogen and oxygen atoms in total. The van der Waals surface area contributed by atoms with E-state index in [1.54, 1.807) is 31.2 Å². The number of benzene rings is 3. The van der Waals surface area contributed by atoms with Crippen LogP contribution in [0.4, 0.5) is 14.5 Å². The summed E-state index contributed by atoms with van der Waals surface area (Å²) in [6, 6.07) is 16.0. The molecule has 2 N–H and O–H groups in total. The van der Waals surface area contributed by atoms with Gasteiger partial charge >= 0.3 is 0 Å². The lowest BCUT2D eigenvalue weighted by molar-refractivity contribution is 0.0636. The lowest BCUT2D eigenvalue weighted by Crippen LogP contribution is -2.37. The van der Waals surface area contributed by atoms with Gasteiger partial charge in [0.1, 0.15) is 28.5 Å². The second-order valence-corrected chi connectivity index (χ2v) is 7.76. The SMILES string of the molecule is Cc1ccc2c(c1)C(c1ccc(NC(=O)c3c(F)cccc3F)cc1)=CC(C)(CO)O2. The van der Waals surface area contributed by atoms with Crippen molar-refractivity contribution < 1.29 is 23.4 Å². The summed E-state index contributed by atoms with van der Waals surface area (Å²) in [4.78, 5) is 12.3. The zero-order valence-electron chi connectivity index (χ0n) is 17.1. The highest BCUT2D eigenvalue weighted by molar-refractivity contribution is 6.04. The fraction of sp³-hybridized carbons (Fsp3) is 0.160. The number of halogens is 2. The van der Waals surface area contributed by atoms with Crippen LogP contribution in [0.3, 0.4) is 0 Å². The molecule has 6 heteroatoms. The van der Waals surface area contributed by atoms with Crippen LogP contribution in [-0.2, 0) is 0 Å². The first-order valence-electron chi connectivity index (χ1n) is 9.79. The molecule has 1 heterocycles. The molecule has 0 radical (unpaired) electrons. The van der Waals surface area contributed by atoms with Crippen LogP contribution in [0.15, 0.2) is 66.7 Å². The molecule has 1 atom stereocenters. The minimum absolute atomic E-state index is 0.188. The fourth-order valence-corrected chi connectivity index (χ4v) is 3.57. The van der Waals surface area contributed by atoms with Crippen molar-refractivity contribution in [3.05, 3.63) is 101 Å². The largest absolute Gasteiger partial charge is 0.480 e. The van der Waals surface area contributed by atoms with Crippen LogP contribution >= 0.6 is 0 Å². The molecule has 0 saturated heterocycles. The number of aryl methyl sites for hydroxylation is 1. The quantitative estimate of drug-likeness (QED) is 0.616. The van der Waals surface area contributed by atoms with E-state index in [9.17, 15) is 18.7 Å². The minimum Gasteiger partial charge on any atom is -0.480 e. The van der Waals surface area contributed by atoms with Crippen molar-refractivity contribution in [2.24, 2.45) is 0 Å². The third kappa shape index (κ3) is 4.07. The van der Waals surface area contributed by atoms with Crippen molar-refractivity contribution in [2.75, 3.05) is 11.9 Å². The Balaban J connectivity index is 1.65. The van der Waals surface area contributed by atoms with E-state index in [2.05, 4.69) is 5.32 Å². The lowest BCUT2D eigenvalue weighted by Gasteiger charge is -2.33. The van der Waals surface area contributed by atoms with Crippen molar-refractivity contribution in [1.29, 1.82) is 0 Å². The van der Waals surface area contributed by atoms with E-state index < -0.39 is 28.7 Å². The number of aliphatic hydroxyl groups is 1. The third-order valence-electron chi connectivity index (χ3n) is 5.18. The van der Waals surface area contributed by atoms with Crippen LogP contribution < -0.4 is 10.1 Å². The molecule has 0 saturated carbocycles. The molecule has 3 aromatic rings. The van der Waals surface area contributed by atoms with Gasteiger partial charge in [-0.25, -0.2) is 8.78 Å². The zero-order chi connectivity index (χ0) is 22.2. The number of carbonyl (C=O) groups is 1. The number of rotatable bonds is 4. The molecule has 3 aromatic carbocycles. The average Bonchev–Trinajstić information content (AvgIpc) is 2.74. The number of hydrogen-bond acceptors (Lipinski definition) is 3. The van der Waals surface area contributed by atoms with Gasteiger partial charge in [-0.15, -0.1) is 0 Å². The van der Waals surface area contributed by atoms with Crippen LogP contribution in [0.1, 0.15) is 34.0 Å². The lowest BCUT2D eigenvalue weighted by atomic mass is 9.88. The van der Waals surface area contributed by atoms with Gasteiger partial charge in [0, 0.05) is 11.3 Å². The molecule has 1 amide bonds. The Bertz CT molecular complexity index is 1170. The van der Waals surface area contributed by atoms with E-state index in [0.29, 0.717) is 11.4 Å². The molecule has 0 spiro atoms. The minimum atomic E-state index is -0.920. The Hall–Kier alpha value is -3.51. The van der Waals surface area contributed by atoms with Crippen LogP contribution in [0, 0.1) is 18.6 Å². The predicted molar refractivity (Wildman–Crippen MR) is 115 cm³/mol. The first-order chi connectivity index (χ1) is 14.8. The molecule has 0 aromatic heterocycles.